The van der Waals surface area contributed by atoms with Gasteiger partial charge in [-0.15, -0.1) is 0 Å². The Morgan fingerprint density at radius 1 is 1.10 bits per heavy atom. The van der Waals surface area contributed by atoms with E-state index in [1.54, 1.807) is 23.1 Å². The van der Waals surface area contributed by atoms with Crippen LogP contribution in [0.5, 0.6) is 0 Å². The lowest BCUT2D eigenvalue weighted by atomic mass is 10.2. The highest BCUT2D eigenvalue weighted by Gasteiger charge is 2.20. The second kappa shape index (κ2) is 9.59. The largest absolute Gasteiger partial charge is 0.354 e. The Morgan fingerprint density at radius 2 is 1.90 bits per heavy atom. The molecule has 30 heavy (non-hydrogen) atoms. The smallest absolute Gasteiger partial charge is 0.239 e. The fourth-order valence-corrected chi connectivity index (χ4v) is 3.86. The first-order valence-electron chi connectivity index (χ1n) is 9.72. The molecule has 0 radical (unpaired) electrons. The van der Waals surface area contributed by atoms with Gasteiger partial charge in [-0.2, -0.15) is 5.10 Å². The number of piperazine rings is 1. The van der Waals surface area contributed by atoms with Gasteiger partial charge >= 0.3 is 0 Å². The zero-order valence-corrected chi connectivity index (χ0v) is 18.7. The first kappa shape index (κ1) is 20.8. The molecule has 1 aliphatic heterocycles. The van der Waals surface area contributed by atoms with Crippen molar-refractivity contribution >= 4 is 45.1 Å². The minimum Gasteiger partial charge on any atom is -0.354 e. The van der Waals surface area contributed by atoms with E-state index in [9.17, 15) is 4.79 Å². The monoisotopic (exact) mass is 488 g/mol. The molecule has 1 amide bonds. The van der Waals surface area contributed by atoms with E-state index in [0.717, 1.165) is 42.0 Å². The highest BCUT2D eigenvalue weighted by atomic mass is 79.9. The van der Waals surface area contributed by atoms with Crippen LogP contribution in [0.15, 0.2) is 59.3 Å². The number of nitrogens with zero attached hydrogens (tertiary/aromatic N) is 5. The predicted octanol–water partition coefficient (Wildman–Crippen LogP) is 3.50. The van der Waals surface area contributed by atoms with Crippen molar-refractivity contribution < 1.29 is 4.79 Å². The van der Waals surface area contributed by atoms with Gasteiger partial charge in [0.1, 0.15) is 11.6 Å². The van der Waals surface area contributed by atoms with E-state index in [1.807, 2.05) is 36.4 Å². The van der Waals surface area contributed by atoms with Crippen LogP contribution in [0.4, 0.5) is 11.6 Å². The summed E-state index contributed by atoms with van der Waals surface area (Å²) in [6.45, 7) is 4.15. The molecule has 1 saturated heterocycles. The van der Waals surface area contributed by atoms with Crippen molar-refractivity contribution in [2.24, 2.45) is 0 Å². The molecule has 3 aromatic rings. The first-order valence-corrected chi connectivity index (χ1v) is 10.9. The summed E-state index contributed by atoms with van der Waals surface area (Å²) in [5.41, 5.74) is 0.955. The van der Waals surface area contributed by atoms with Crippen LogP contribution in [-0.4, -0.2) is 58.3 Å². The van der Waals surface area contributed by atoms with Crippen LogP contribution in [0.1, 0.15) is 5.56 Å². The molecule has 1 aliphatic rings. The molecule has 0 unspecified atom stereocenters. The Balaban J connectivity index is 1.29. The molecule has 3 heterocycles. The van der Waals surface area contributed by atoms with E-state index in [0.29, 0.717) is 23.9 Å². The van der Waals surface area contributed by atoms with Crippen LogP contribution in [0.3, 0.4) is 0 Å². The maximum absolute atomic E-state index is 12.6. The maximum Gasteiger partial charge on any atom is 0.239 e. The number of rotatable bonds is 6. The SMILES string of the molecule is O=C(CN1CCN(c2ccc(Br)cn2)CC1)Nc1ccnn1Cc1ccccc1Cl. The van der Waals surface area contributed by atoms with Gasteiger partial charge in [-0.3, -0.25) is 9.69 Å². The molecule has 2 aromatic heterocycles. The lowest BCUT2D eigenvalue weighted by molar-refractivity contribution is -0.117. The molecule has 0 bridgehead atoms. The molecule has 7 nitrogen and oxygen atoms in total. The van der Waals surface area contributed by atoms with Crippen LogP contribution < -0.4 is 10.2 Å². The number of hydrogen-bond acceptors (Lipinski definition) is 5. The Bertz CT molecular complexity index is 1000. The molecule has 9 heteroatoms. The second-order valence-electron chi connectivity index (χ2n) is 7.11. The van der Waals surface area contributed by atoms with Crippen LogP contribution in [0, 0.1) is 0 Å². The third kappa shape index (κ3) is 5.19. The van der Waals surface area contributed by atoms with Gasteiger partial charge in [0.05, 0.1) is 19.3 Å². The molecule has 1 aromatic carbocycles. The molecule has 0 aliphatic carbocycles. The lowest BCUT2D eigenvalue weighted by Gasteiger charge is -2.35. The van der Waals surface area contributed by atoms with E-state index in [-0.39, 0.29) is 5.91 Å². The van der Waals surface area contributed by atoms with Gasteiger partial charge < -0.3 is 10.2 Å². The number of pyridine rings is 1. The Morgan fingerprint density at radius 3 is 2.63 bits per heavy atom. The Labute approximate surface area is 188 Å². The third-order valence-electron chi connectivity index (χ3n) is 5.04. The fourth-order valence-electron chi connectivity index (χ4n) is 3.43. The zero-order valence-electron chi connectivity index (χ0n) is 16.3. The highest BCUT2D eigenvalue weighted by Crippen LogP contribution is 2.19. The molecule has 0 saturated carbocycles. The van der Waals surface area contributed by atoms with Gasteiger partial charge in [0.25, 0.3) is 0 Å². The molecule has 1 fully saturated rings. The minimum atomic E-state index is -0.0499. The molecule has 0 atom stereocenters. The van der Waals surface area contributed by atoms with E-state index in [2.05, 4.69) is 41.1 Å². The average Bonchev–Trinajstić information content (AvgIpc) is 3.17. The summed E-state index contributed by atoms with van der Waals surface area (Å²) in [6, 6.07) is 13.4. The van der Waals surface area contributed by atoms with Crippen molar-refractivity contribution in [3.8, 4) is 0 Å². The van der Waals surface area contributed by atoms with Crippen LogP contribution in [0.25, 0.3) is 0 Å². The van der Waals surface area contributed by atoms with E-state index in [1.165, 1.54) is 0 Å². The summed E-state index contributed by atoms with van der Waals surface area (Å²) in [5, 5.41) is 7.97. The lowest BCUT2D eigenvalue weighted by Crippen LogP contribution is -2.49. The van der Waals surface area contributed by atoms with Crippen molar-refractivity contribution in [2.45, 2.75) is 6.54 Å². The average molecular weight is 490 g/mol. The number of hydrogen-bond donors (Lipinski definition) is 1. The fraction of sp³-hybridized carbons (Fsp3) is 0.286. The topological polar surface area (TPSA) is 66.3 Å². The van der Waals surface area contributed by atoms with Gasteiger partial charge in [-0.25, -0.2) is 9.67 Å². The minimum absolute atomic E-state index is 0.0499. The van der Waals surface area contributed by atoms with Gasteiger partial charge in [0, 0.05) is 47.9 Å². The Kier molecular flexibility index (Phi) is 6.66. The summed E-state index contributed by atoms with van der Waals surface area (Å²) < 4.78 is 2.71. The number of amides is 1. The number of carbonyl (C=O) groups is 1. The normalized spacial score (nSPS) is 14.7. The van der Waals surface area contributed by atoms with Gasteiger partial charge in [-0.05, 0) is 39.7 Å². The predicted molar refractivity (Wildman–Crippen MR) is 122 cm³/mol. The van der Waals surface area contributed by atoms with Crippen molar-refractivity contribution in [1.82, 2.24) is 19.7 Å². The standard InChI is InChI=1S/C21H22BrClN6O/c22-17-5-6-19(24-13-17)28-11-9-27(10-12-28)15-21(30)26-20-7-8-25-29(20)14-16-3-1-2-4-18(16)23/h1-8,13H,9-12,14-15H2,(H,26,30). The quantitative estimate of drug-likeness (QED) is 0.574. The van der Waals surface area contributed by atoms with Gasteiger partial charge in [0.15, 0.2) is 0 Å². The molecule has 4 rings (SSSR count). The summed E-state index contributed by atoms with van der Waals surface area (Å²) in [5.74, 6) is 1.58. The Hall–Kier alpha value is -2.42. The van der Waals surface area contributed by atoms with E-state index < -0.39 is 0 Å². The number of nitrogens with one attached hydrogen (secondary N) is 1. The van der Waals surface area contributed by atoms with E-state index in [4.69, 9.17) is 11.6 Å². The molecule has 0 spiro atoms. The maximum atomic E-state index is 12.6. The summed E-state index contributed by atoms with van der Waals surface area (Å²) in [7, 11) is 0. The summed E-state index contributed by atoms with van der Waals surface area (Å²) >= 11 is 9.66. The first-order chi connectivity index (χ1) is 14.6. The van der Waals surface area contributed by atoms with Crippen molar-refractivity contribution in [3.63, 3.8) is 0 Å². The van der Waals surface area contributed by atoms with Crippen molar-refractivity contribution in [3.05, 3.63) is 69.9 Å². The molecular formula is C21H22BrClN6O. The molecular weight excluding hydrogens is 468 g/mol. The van der Waals surface area contributed by atoms with Crippen LogP contribution >= 0.6 is 27.5 Å². The number of carbonyl (C=O) groups excluding carboxylic acids is 1. The van der Waals surface area contributed by atoms with Gasteiger partial charge in [0.2, 0.25) is 5.91 Å². The molecule has 1 N–H and O–H groups in total. The number of anilines is 2. The van der Waals surface area contributed by atoms with Crippen molar-refractivity contribution in [1.29, 1.82) is 0 Å². The second-order valence-corrected chi connectivity index (χ2v) is 8.43. The number of halogens is 2. The van der Waals surface area contributed by atoms with Crippen molar-refractivity contribution in [2.75, 3.05) is 42.9 Å². The summed E-state index contributed by atoms with van der Waals surface area (Å²) in [4.78, 5) is 21.4. The number of aromatic nitrogens is 3. The van der Waals surface area contributed by atoms with E-state index >= 15 is 0 Å². The number of benzene rings is 1. The molecule has 156 valence electrons. The van der Waals surface area contributed by atoms with Crippen LogP contribution in [-0.2, 0) is 11.3 Å². The third-order valence-corrected chi connectivity index (χ3v) is 5.88. The zero-order chi connectivity index (χ0) is 20.9. The van der Waals surface area contributed by atoms with Gasteiger partial charge in [-0.1, -0.05) is 29.8 Å². The van der Waals surface area contributed by atoms with Crippen LogP contribution in [0.2, 0.25) is 5.02 Å². The summed E-state index contributed by atoms with van der Waals surface area (Å²) in [6.07, 6.45) is 3.48. The highest BCUT2D eigenvalue weighted by molar-refractivity contribution is 9.10.